The smallest absolute Gasteiger partial charge is 0.334 e. The molecule has 74 heavy (non-hydrogen) atoms. The Kier molecular flexibility index (Phi) is 13.6. The van der Waals surface area contributed by atoms with Crippen LogP contribution >= 0.6 is 0 Å². The zero-order chi connectivity index (χ0) is 52.6. The summed E-state index contributed by atoms with van der Waals surface area (Å²) in [5, 5.41) is 5.02. The van der Waals surface area contributed by atoms with Crippen LogP contribution in [0.1, 0.15) is 171 Å². The van der Waals surface area contributed by atoms with Gasteiger partial charge >= 0.3 is 6.03 Å². The third-order valence-corrected chi connectivity index (χ3v) is 18.2. The highest BCUT2D eigenvalue weighted by molar-refractivity contribution is 6.30. The molecule has 0 bridgehead atoms. The average molecular weight is 993 g/mol. The lowest BCUT2D eigenvalue weighted by atomic mass is 9.69. The first-order valence-electron chi connectivity index (χ1n) is 28.6. The van der Waals surface area contributed by atoms with Crippen LogP contribution in [0.15, 0.2) is 131 Å². The van der Waals surface area contributed by atoms with Crippen molar-refractivity contribution >= 4 is 50.8 Å². The van der Waals surface area contributed by atoms with E-state index in [9.17, 15) is 0 Å². The Labute approximate surface area is 443 Å². The van der Waals surface area contributed by atoms with Gasteiger partial charge in [0.05, 0.1) is 0 Å². The van der Waals surface area contributed by atoms with Gasteiger partial charge in [-0.1, -0.05) is 169 Å². The molecular weight excluding hydrogens is 909 g/mol. The molecule has 4 fully saturated rings. The second-order valence-electron chi connectivity index (χ2n) is 26.1. The largest absolute Gasteiger partial charge is 0.344 e. The molecule has 4 aromatic carbocycles. The van der Waals surface area contributed by atoms with E-state index < -0.39 is 17.8 Å². The summed E-state index contributed by atoms with van der Waals surface area (Å²) < 4.78 is 0. The quantitative estimate of drug-likeness (QED) is 0.117. The van der Waals surface area contributed by atoms with Gasteiger partial charge in [0.2, 0.25) is 0 Å². The number of carbonyl (C=O) groups excluding carboxylic acids is 3. The zero-order valence-electron chi connectivity index (χ0n) is 47.0. The van der Waals surface area contributed by atoms with E-state index in [1.807, 2.05) is 0 Å². The Bertz CT molecular complexity index is 2880. The number of unbranched alkanes of at least 4 members (excludes halogenated alkanes) is 2. The van der Waals surface area contributed by atoms with Crippen LogP contribution in [0.5, 0.6) is 0 Å². The summed E-state index contributed by atoms with van der Waals surface area (Å²) >= 11 is 0. The lowest BCUT2D eigenvalue weighted by molar-refractivity contribution is -0.140. The molecule has 0 aromatic heterocycles. The molecule has 0 radical (unpaired) electrons. The molecule has 6 aliphatic rings. The molecule has 4 aromatic rings. The minimum Gasteiger partial charge on any atom is -0.344 e. The molecule has 10 rings (SSSR count). The van der Waals surface area contributed by atoms with Gasteiger partial charge in [-0.2, -0.15) is 0 Å². The summed E-state index contributed by atoms with van der Waals surface area (Å²) in [6.45, 7) is 29.3. The summed E-state index contributed by atoms with van der Waals surface area (Å²) in [7, 11) is 0. The average Bonchev–Trinajstić information content (AvgIpc) is 3.92. The Hall–Kier alpha value is -5.69. The SMILES string of the molecule is CCCCN1/C(=C/C=C2\CC/C(=C\C=C3\N(CCCC)c4ccc5ccccc5c4C3(C)C)C2=C2C(=O)N(C3CC(C)CC(C)(C)C3)C(=O)N(C3CC(C)CC(C)(C)C3)C2=O)C(C)(C)c2c1ccc1ccccc21. The van der Waals surface area contributed by atoms with Gasteiger partial charge < -0.3 is 9.80 Å². The van der Waals surface area contributed by atoms with Crippen molar-refractivity contribution < 1.29 is 14.4 Å². The normalized spacial score (nSPS) is 27.5. The van der Waals surface area contributed by atoms with Gasteiger partial charge in [-0.25, -0.2) is 4.79 Å². The molecule has 1 saturated heterocycles. The van der Waals surface area contributed by atoms with Crippen molar-refractivity contribution in [3.8, 4) is 0 Å². The number of anilines is 2. The predicted octanol–water partition coefficient (Wildman–Crippen LogP) is 16.4. The van der Waals surface area contributed by atoms with Crippen molar-refractivity contribution in [3.05, 3.63) is 142 Å². The van der Waals surface area contributed by atoms with E-state index in [2.05, 4.69) is 190 Å². The Morgan fingerprint density at radius 3 is 1.31 bits per heavy atom. The van der Waals surface area contributed by atoms with Crippen LogP contribution in [0.2, 0.25) is 0 Å². The molecule has 0 N–H and O–H groups in total. The van der Waals surface area contributed by atoms with E-state index in [0.717, 1.165) is 81.2 Å². The van der Waals surface area contributed by atoms with Gasteiger partial charge in [-0.15, -0.1) is 0 Å². The maximum atomic E-state index is 16.0. The minimum atomic E-state index is -0.419. The molecule has 7 nitrogen and oxygen atoms in total. The molecule has 3 heterocycles. The highest BCUT2D eigenvalue weighted by Gasteiger charge is 2.53. The van der Waals surface area contributed by atoms with Crippen LogP contribution in [0.25, 0.3) is 21.5 Å². The first-order chi connectivity index (χ1) is 35.2. The second kappa shape index (κ2) is 19.5. The number of allylic oxidation sites excluding steroid dienone is 9. The molecule has 3 aliphatic carbocycles. The fraction of sp³-hybridized carbons (Fsp3) is 0.507. The number of benzene rings is 4. The van der Waals surface area contributed by atoms with Crippen LogP contribution < -0.4 is 9.80 Å². The Morgan fingerprint density at radius 1 is 0.514 bits per heavy atom. The first-order valence-corrected chi connectivity index (χ1v) is 28.6. The minimum absolute atomic E-state index is 0.0625. The number of imide groups is 2. The summed E-state index contributed by atoms with van der Waals surface area (Å²) in [6.07, 6.45) is 19.7. The van der Waals surface area contributed by atoms with Crippen molar-refractivity contribution in [2.24, 2.45) is 22.7 Å². The van der Waals surface area contributed by atoms with Crippen LogP contribution in [-0.4, -0.2) is 52.8 Å². The fourth-order valence-corrected chi connectivity index (χ4v) is 15.4. The second-order valence-corrected chi connectivity index (χ2v) is 26.1. The molecule has 3 saturated carbocycles. The van der Waals surface area contributed by atoms with E-state index in [1.165, 1.54) is 55.4 Å². The molecule has 4 amide bonds. The lowest BCUT2D eigenvalue weighted by Crippen LogP contribution is -2.64. The summed E-state index contributed by atoms with van der Waals surface area (Å²) in [4.78, 5) is 55.6. The molecule has 390 valence electrons. The monoisotopic (exact) mass is 993 g/mol. The van der Waals surface area contributed by atoms with E-state index in [1.54, 1.807) is 9.80 Å². The number of fused-ring (bicyclic) bond motifs is 6. The standard InChI is InChI=1S/C67H84N4O3/c1-13-15-35-68-53-31-27-45-21-17-19-23-51(45)59(53)66(9,10)55(68)33-29-47-25-26-48(30-34-56-67(11,12)60-52-24-20-18-22-46(52)28-32-54(60)69(56)36-16-14-2)57(47)58-61(72)70(49-37-43(3)39-64(5,6)41-49)63(74)71(62(58)73)50-38-44(4)40-65(7,8)42-50/h17-24,27-34,43-44,49-50H,13-16,25-26,35-42H2,1-12H3/b47-29+,48-30+,55-33+,56-34+. The van der Waals surface area contributed by atoms with Crippen LogP contribution in [0, 0.1) is 22.7 Å². The number of urea groups is 1. The van der Waals surface area contributed by atoms with Crippen molar-refractivity contribution in [3.63, 3.8) is 0 Å². The van der Waals surface area contributed by atoms with Gasteiger partial charge in [-0.3, -0.25) is 19.4 Å². The molecule has 7 heteroatoms. The number of amides is 4. The van der Waals surface area contributed by atoms with Crippen LogP contribution in [-0.2, 0) is 20.4 Å². The van der Waals surface area contributed by atoms with Crippen molar-refractivity contribution in [2.45, 2.75) is 183 Å². The number of hydrogen-bond acceptors (Lipinski definition) is 5. The fourth-order valence-electron chi connectivity index (χ4n) is 15.4. The van der Waals surface area contributed by atoms with E-state index in [4.69, 9.17) is 0 Å². The maximum Gasteiger partial charge on any atom is 0.334 e. The summed E-state index contributed by atoms with van der Waals surface area (Å²) in [6, 6.07) is 25.6. The number of nitrogens with zero attached hydrogens (tertiary/aromatic N) is 4. The predicted molar refractivity (Wildman–Crippen MR) is 307 cm³/mol. The number of hydrogen-bond donors (Lipinski definition) is 0. The van der Waals surface area contributed by atoms with Crippen molar-refractivity contribution in [2.75, 3.05) is 22.9 Å². The molecule has 4 atom stereocenters. The van der Waals surface area contributed by atoms with E-state index in [-0.39, 0.29) is 39.3 Å². The van der Waals surface area contributed by atoms with E-state index in [0.29, 0.717) is 37.5 Å². The maximum absolute atomic E-state index is 16.0. The molecule has 3 aliphatic heterocycles. The molecule has 0 spiro atoms. The third-order valence-electron chi connectivity index (χ3n) is 18.2. The van der Waals surface area contributed by atoms with Crippen LogP contribution in [0.3, 0.4) is 0 Å². The lowest BCUT2D eigenvalue weighted by Gasteiger charge is -2.49. The first kappa shape index (κ1) is 51.8. The zero-order valence-corrected chi connectivity index (χ0v) is 47.0. The van der Waals surface area contributed by atoms with Gasteiger partial charge in [-0.05, 0) is 161 Å². The molecule has 4 unspecified atom stereocenters. The summed E-state index contributed by atoms with van der Waals surface area (Å²) in [5.41, 5.74) is 9.71. The van der Waals surface area contributed by atoms with Gasteiger partial charge in [0.15, 0.2) is 0 Å². The Morgan fingerprint density at radius 2 is 0.919 bits per heavy atom. The highest BCUT2D eigenvalue weighted by Crippen LogP contribution is 2.54. The van der Waals surface area contributed by atoms with Gasteiger partial charge in [0.1, 0.15) is 5.57 Å². The van der Waals surface area contributed by atoms with Gasteiger partial charge in [0.25, 0.3) is 11.8 Å². The number of barbiturate groups is 1. The highest BCUT2D eigenvalue weighted by atomic mass is 16.2. The van der Waals surface area contributed by atoms with Crippen molar-refractivity contribution in [1.29, 1.82) is 0 Å². The molecular formula is C67H84N4O3. The van der Waals surface area contributed by atoms with Crippen molar-refractivity contribution in [1.82, 2.24) is 9.80 Å². The van der Waals surface area contributed by atoms with E-state index >= 15 is 14.4 Å². The number of carbonyl (C=O) groups is 3. The van der Waals surface area contributed by atoms with Crippen LogP contribution in [0.4, 0.5) is 16.2 Å². The summed E-state index contributed by atoms with van der Waals surface area (Å²) in [5.74, 6) is -0.182. The topological polar surface area (TPSA) is 64.2 Å². The van der Waals surface area contributed by atoms with Gasteiger partial charge in [0, 0.05) is 58.8 Å². The Balaban J connectivity index is 1.19. The third kappa shape index (κ3) is 9.00. The number of rotatable bonds is 10.